The van der Waals surface area contributed by atoms with Crippen LogP contribution in [0.3, 0.4) is 0 Å². The fourth-order valence-corrected chi connectivity index (χ4v) is 3.74. The molecule has 0 atom stereocenters. The highest BCUT2D eigenvalue weighted by molar-refractivity contribution is 5.73. The lowest BCUT2D eigenvalue weighted by atomic mass is 10.0. The Bertz CT molecular complexity index is 666. The predicted molar refractivity (Wildman–Crippen MR) is 130 cm³/mol. The number of ether oxygens (including phenoxy) is 2. The standard InChI is InChI=1S/C28H42O2/c1-3-5-7-9-11-16-23-29-27-22-18-21-26(25-19-14-13-15-20-25)28(27)30-24-17-12-10-8-6-4-2/h13-15,18-22H,3-12,16-17,23-24H2,1-2H3. The maximum Gasteiger partial charge on any atom is 0.168 e. The molecule has 0 fully saturated rings. The van der Waals surface area contributed by atoms with Crippen LogP contribution in [0.2, 0.25) is 0 Å². The average Bonchev–Trinajstić information content (AvgIpc) is 2.79. The van der Waals surface area contributed by atoms with E-state index >= 15 is 0 Å². The van der Waals surface area contributed by atoms with Gasteiger partial charge in [-0.05, 0) is 24.5 Å². The van der Waals surface area contributed by atoms with Crippen LogP contribution in [0, 0.1) is 0 Å². The van der Waals surface area contributed by atoms with Gasteiger partial charge < -0.3 is 9.47 Å². The zero-order valence-corrected chi connectivity index (χ0v) is 19.3. The van der Waals surface area contributed by atoms with Crippen molar-refractivity contribution in [3.8, 4) is 22.6 Å². The zero-order chi connectivity index (χ0) is 21.3. The predicted octanol–water partition coefficient (Wildman–Crippen LogP) is 8.83. The topological polar surface area (TPSA) is 18.5 Å². The number of hydrogen-bond acceptors (Lipinski definition) is 2. The summed E-state index contributed by atoms with van der Waals surface area (Å²) in [4.78, 5) is 0. The second kappa shape index (κ2) is 15.8. The summed E-state index contributed by atoms with van der Waals surface area (Å²) in [5, 5.41) is 0. The van der Waals surface area contributed by atoms with Crippen LogP contribution in [0.5, 0.6) is 11.5 Å². The van der Waals surface area contributed by atoms with Crippen LogP contribution in [0.1, 0.15) is 90.9 Å². The SMILES string of the molecule is CCCCCCCCOc1cccc(-c2ccccc2)c1OCCCCCCCC. The highest BCUT2D eigenvalue weighted by atomic mass is 16.5. The molecule has 0 heterocycles. The number of para-hydroxylation sites is 1. The molecule has 0 amide bonds. The molecule has 0 spiro atoms. The van der Waals surface area contributed by atoms with Crippen molar-refractivity contribution >= 4 is 0 Å². The van der Waals surface area contributed by atoms with Gasteiger partial charge >= 0.3 is 0 Å². The molecular formula is C28H42O2. The lowest BCUT2D eigenvalue weighted by molar-refractivity contribution is 0.259. The molecule has 2 nitrogen and oxygen atoms in total. The van der Waals surface area contributed by atoms with Gasteiger partial charge in [-0.1, -0.05) is 121 Å². The largest absolute Gasteiger partial charge is 0.490 e. The average molecular weight is 411 g/mol. The molecule has 0 unspecified atom stereocenters. The Morgan fingerprint density at radius 3 is 1.73 bits per heavy atom. The Morgan fingerprint density at radius 2 is 1.10 bits per heavy atom. The Labute approximate surface area is 185 Å². The Kier molecular flexibility index (Phi) is 12.8. The molecule has 0 aliphatic heterocycles. The van der Waals surface area contributed by atoms with Gasteiger partial charge in [-0.25, -0.2) is 0 Å². The summed E-state index contributed by atoms with van der Waals surface area (Å²) in [6.45, 7) is 6.03. The van der Waals surface area contributed by atoms with E-state index in [1.54, 1.807) is 0 Å². The van der Waals surface area contributed by atoms with Gasteiger partial charge in [0.2, 0.25) is 0 Å². The van der Waals surface area contributed by atoms with Gasteiger partial charge in [0.05, 0.1) is 13.2 Å². The normalized spacial score (nSPS) is 10.9. The molecule has 0 aliphatic rings. The van der Waals surface area contributed by atoms with E-state index in [9.17, 15) is 0 Å². The van der Waals surface area contributed by atoms with Crippen LogP contribution in [0.25, 0.3) is 11.1 Å². The lowest BCUT2D eigenvalue weighted by Gasteiger charge is -2.17. The van der Waals surface area contributed by atoms with E-state index in [0.29, 0.717) is 0 Å². The van der Waals surface area contributed by atoms with Crippen molar-refractivity contribution in [2.75, 3.05) is 13.2 Å². The summed E-state index contributed by atoms with van der Waals surface area (Å²) < 4.78 is 12.5. The van der Waals surface area contributed by atoms with Crippen LogP contribution in [0.15, 0.2) is 48.5 Å². The van der Waals surface area contributed by atoms with E-state index in [-0.39, 0.29) is 0 Å². The first-order valence-corrected chi connectivity index (χ1v) is 12.3. The summed E-state index contributed by atoms with van der Waals surface area (Å²) >= 11 is 0. The van der Waals surface area contributed by atoms with E-state index in [2.05, 4.69) is 62.4 Å². The van der Waals surface area contributed by atoms with Crippen LogP contribution in [0.4, 0.5) is 0 Å². The molecular weight excluding hydrogens is 368 g/mol. The highest BCUT2D eigenvalue weighted by Gasteiger charge is 2.13. The summed E-state index contributed by atoms with van der Waals surface area (Å²) in [7, 11) is 0. The van der Waals surface area contributed by atoms with E-state index in [0.717, 1.165) is 43.1 Å². The zero-order valence-electron chi connectivity index (χ0n) is 19.3. The van der Waals surface area contributed by atoms with Gasteiger partial charge in [-0.3, -0.25) is 0 Å². The number of unbranched alkanes of at least 4 members (excludes halogenated alkanes) is 10. The smallest absolute Gasteiger partial charge is 0.168 e. The third kappa shape index (κ3) is 9.24. The third-order valence-corrected chi connectivity index (χ3v) is 5.56. The fraction of sp³-hybridized carbons (Fsp3) is 0.571. The summed E-state index contributed by atoms with van der Waals surface area (Å²) in [5.41, 5.74) is 2.31. The van der Waals surface area contributed by atoms with E-state index in [4.69, 9.17) is 9.47 Å². The van der Waals surface area contributed by atoms with Gasteiger partial charge in [0.25, 0.3) is 0 Å². The molecule has 0 N–H and O–H groups in total. The first kappa shape index (κ1) is 24.3. The molecule has 2 heteroatoms. The van der Waals surface area contributed by atoms with Crippen molar-refractivity contribution < 1.29 is 9.47 Å². The van der Waals surface area contributed by atoms with Gasteiger partial charge in [0, 0.05) is 5.56 Å². The van der Waals surface area contributed by atoms with Crippen molar-refractivity contribution in [1.29, 1.82) is 0 Å². The fourth-order valence-electron chi connectivity index (χ4n) is 3.74. The Hall–Kier alpha value is -1.96. The van der Waals surface area contributed by atoms with E-state index in [1.807, 2.05) is 0 Å². The van der Waals surface area contributed by atoms with Crippen LogP contribution >= 0.6 is 0 Å². The third-order valence-electron chi connectivity index (χ3n) is 5.56. The monoisotopic (exact) mass is 410 g/mol. The molecule has 0 saturated carbocycles. The second-order valence-electron chi connectivity index (χ2n) is 8.23. The molecule has 0 aliphatic carbocycles. The lowest BCUT2D eigenvalue weighted by Crippen LogP contribution is -2.04. The number of hydrogen-bond donors (Lipinski definition) is 0. The molecule has 2 rings (SSSR count). The maximum atomic E-state index is 6.31. The number of benzene rings is 2. The summed E-state index contributed by atoms with van der Waals surface area (Å²) in [6.07, 6.45) is 15.2. The Balaban J connectivity index is 1.94. The minimum Gasteiger partial charge on any atom is -0.490 e. The van der Waals surface area contributed by atoms with Crippen molar-refractivity contribution in [1.82, 2.24) is 0 Å². The molecule has 0 radical (unpaired) electrons. The van der Waals surface area contributed by atoms with Gasteiger partial charge in [0.1, 0.15) is 0 Å². The molecule has 30 heavy (non-hydrogen) atoms. The van der Waals surface area contributed by atoms with Crippen LogP contribution < -0.4 is 9.47 Å². The van der Waals surface area contributed by atoms with Gasteiger partial charge in [-0.2, -0.15) is 0 Å². The molecule has 166 valence electrons. The van der Waals surface area contributed by atoms with Crippen molar-refractivity contribution in [2.45, 2.75) is 90.9 Å². The summed E-state index contributed by atoms with van der Waals surface area (Å²) in [6, 6.07) is 16.8. The maximum absolute atomic E-state index is 6.31. The highest BCUT2D eigenvalue weighted by Crippen LogP contribution is 2.38. The van der Waals surface area contributed by atoms with Crippen molar-refractivity contribution in [2.24, 2.45) is 0 Å². The van der Waals surface area contributed by atoms with Crippen LogP contribution in [-0.4, -0.2) is 13.2 Å². The second-order valence-corrected chi connectivity index (χ2v) is 8.23. The first-order valence-electron chi connectivity index (χ1n) is 12.3. The number of rotatable bonds is 17. The van der Waals surface area contributed by atoms with Crippen molar-refractivity contribution in [3.05, 3.63) is 48.5 Å². The van der Waals surface area contributed by atoms with Crippen molar-refractivity contribution in [3.63, 3.8) is 0 Å². The molecule has 2 aromatic carbocycles. The molecule has 2 aromatic rings. The van der Waals surface area contributed by atoms with E-state index < -0.39 is 0 Å². The van der Waals surface area contributed by atoms with Crippen LogP contribution in [-0.2, 0) is 0 Å². The quantitative estimate of drug-likeness (QED) is 0.242. The minimum absolute atomic E-state index is 0.753. The first-order chi connectivity index (χ1) is 14.9. The molecule has 0 bridgehead atoms. The molecule has 0 saturated heterocycles. The summed E-state index contributed by atoms with van der Waals surface area (Å²) in [5.74, 6) is 1.79. The van der Waals surface area contributed by atoms with E-state index in [1.165, 1.54) is 69.8 Å². The van der Waals surface area contributed by atoms with Gasteiger partial charge in [0.15, 0.2) is 11.5 Å². The van der Waals surface area contributed by atoms with Gasteiger partial charge in [-0.15, -0.1) is 0 Å². The Morgan fingerprint density at radius 1 is 0.533 bits per heavy atom. The minimum atomic E-state index is 0.753. The molecule has 0 aromatic heterocycles.